The number of amides is 1. The number of aliphatic hydroxyl groups excluding tert-OH is 1. The van der Waals surface area contributed by atoms with Crippen molar-refractivity contribution in [3.05, 3.63) is 179 Å². The maximum Gasteiger partial charge on any atom is 0.366 e. The van der Waals surface area contributed by atoms with Gasteiger partial charge in [0.2, 0.25) is 5.91 Å². The van der Waals surface area contributed by atoms with E-state index in [1.165, 1.54) is 84.9 Å². The van der Waals surface area contributed by atoms with Crippen molar-refractivity contribution in [2.75, 3.05) is 33.5 Å². The third-order valence-corrected chi connectivity index (χ3v) is 15.7. The van der Waals surface area contributed by atoms with Crippen LogP contribution in [0, 0.1) is 0 Å². The molecule has 0 aromatic heterocycles. The molecule has 16 atom stereocenters. The Morgan fingerprint density at radius 1 is 0.520 bits per heavy atom. The summed E-state index contributed by atoms with van der Waals surface area (Å²) in [5.74, 6) is -14.5. The number of aliphatic hydroxyl groups is 1. The van der Waals surface area contributed by atoms with E-state index in [0.717, 1.165) is 41.7 Å². The van der Waals surface area contributed by atoms with Crippen LogP contribution in [0.5, 0.6) is 0 Å². The van der Waals surface area contributed by atoms with E-state index in [4.69, 9.17) is 75.8 Å². The monoisotopic (exact) mass is 1390 g/mol. The molecule has 3 heterocycles. The molecule has 3 aliphatic heterocycles. The van der Waals surface area contributed by atoms with Crippen LogP contribution in [0.1, 0.15) is 113 Å². The SMILES string of the molecule is CCCCO[C@@H]1OC(COC(=O)c2ccccc2)[C@@H](O[C@@H]2OC(CO[C@]3(C(=O)OC)CC(OC(C)=O)[C@@H](NC(C)=O)C([C@H](OC(C)=O)[C@@H](COC(C)=O)OC(C)=O)O3)[C@H](O)C(OC(=O)c3ccccc3)C2OC(=O)c2ccccc2)C(OC(=O)c2ccccc2)C1OC(=O)c1ccccc1. The molecule has 100 heavy (non-hydrogen) atoms. The highest BCUT2D eigenvalue weighted by atomic mass is 16.8. The number of carbonyl (C=O) groups is 11. The zero-order valence-electron chi connectivity index (χ0n) is 55.5. The molecule has 8 rings (SSSR count). The van der Waals surface area contributed by atoms with Crippen molar-refractivity contribution in [1.29, 1.82) is 0 Å². The first-order chi connectivity index (χ1) is 48.0. The molecule has 5 aromatic carbocycles. The second-order valence-corrected chi connectivity index (χ2v) is 23.1. The Morgan fingerprint density at radius 2 is 0.980 bits per heavy atom. The van der Waals surface area contributed by atoms with E-state index in [2.05, 4.69) is 5.32 Å². The minimum absolute atomic E-state index is 0.0126. The number of carbonyl (C=O) groups excluding carboxylic acids is 11. The average Bonchev–Trinajstić information content (AvgIpc) is 0.759. The minimum Gasteiger partial charge on any atom is -0.465 e. The summed E-state index contributed by atoms with van der Waals surface area (Å²) in [4.78, 5) is 152. The van der Waals surface area contributed by atoms with Gasteiger partial charge in [-0.15, -0.1) is 0 Å². The summed E-state index contributed by atoms with van der Waals surface area (Å²) in [6, 6.07) is 36.0. The summed E-state index contributed by atoms with van der Waals surface area (Å²) >= 11 is 0. The number of benzene rings is 5. The fourth-order valence-corrected chi connectivity index (χ4v) is 11.1. The molecule has 29 nitrogen and oxygen atoms in total. The summed E-state index contributed by atoms with van der Waals surface area (Å²) in [6.45, 7) is 3.99. The van der Waals surface area contributed by atoms with Gasteiger partial charge in [-0.05, 0) is 67.1 Å². The third kappa shape index (κ3) is 20.3. The Hall–Kier alpha value is -10.0. The molecule has 0 bridgehead atoms. The summed E-state index contributed by atoms with van der Waals surface area (Å²) in [5, 5.41) is 15.5. The Bertz CT molecular complexity index is 3600. The van der Waals surface area contributed by atoms with Crippen LogP contribution in [0.25, 0.3) is 0 Å². The first-order valence-electron chi connectivity index (χ1n) is 31.8. The minimum atomic E-state index is -2.98. The average molecular weight is 1390 g/mol. The van der Waals surface area contributed by atoms with Crippen molar-refractivity contribution in [2.45, 2.75) is 158 Å². The number of hydrogen-bond donors (Lipinski definition) is 2. The molecular formula is C71H77NO28. The highest BCUT2D eigenvalue weighted by Crippen LogP contribution is 2.40. The molecule has 3 fully saturated rings. The Balaban J connectivity index is 1.32. The molecule has 29 heteroatoms. The second-order valence-electron chi connectivity index (χ2n) is 23.1. The fraction of sp³-hybridized carbons (Fsp3) is 0.423. The molecule has 3 saturated heterocycles. The van der Waals surface area contributed by atoms with Crippen LogP contribution in [0.2, 0.25) is 0 Å². The lowest BCUT2D eigenvalue weighted by Crippen LogP contribution is -2.70. The van der Waals surface area contributed by atoms with Gasteiger partial charge in [0.05, 0.1) is 54.0 Å². The molecular weight excluding hydrogens is 1310 g/mol. The highest BCUT2D eigenvalue weighted by Gasteiger charge is 2.62. The molecule has 3 aliphatic rings. The number of ether oxygens (including phenoxy) is 16. The summed E-state index contributed by atoms with van der Waals surface area (Å²) in [6.07, 6.45) is -27.6. The predicted octanol–water partition coefficient (Wildman–Crippen LogP) is 5.30. The lowest BCUT2D eigenvalue weighted by molar-refractivity contribution is -0.365. The van der Waals surface area contributed by atoms with Crippen molar-refractivity contribution >= 4 is 65.6 Å². The molecule has 1 amide bonds. The van der Waals surface area contributed by atoms with E-state index >= 15 is 0 Å². The van der Waals surface area contributed by atoms with Gasteiger partial charge in [0.1, 0.15) is 49.8 Å². The van der Waals surface area contributed by atoms with Crippen LogP contribution in [-0.2, 0) is 105 Å². The van der Waals surface area contributed by atoms with Gasteiger partial charge in [0.15, 0.2) is 49.2 Å². The molecule has 8 unspecified atom stereocenters. The number of esters is 10. The van der Waals surface area contributed by atoms with Crippen LogP contribution in [0.3, 0.4) is 0 Å². The van der Waals surface area contributed by atoms with Crippen molar-refractivity contribution in [2.24, 2.45) is 0 Å². The molecule has 0 aliphatic carbocycles. The van der Waals surface area contributed by atoms with Gasteiger partial charge in [-0.1, -0.05) is 104 Å². The second kappa shape index (κ2) is 36.2. The van der Waals surface area contributed by atoms with Gasteiger partial charge in [-0.3, -0.25) is 24.0 Å². The quantitative estimate of drug-likeness (QED) is 0.0348. The van der Waals surface area contributed by atoms with Crippen molar-refractivity contribution in [1.82, 2.24) is 5.32 Å². The van der Waals surface area contributed by atoms with Gasteiger partial charge < -0.3 is 86.2 Å². The van der Waals surface area contributed by atoms with E-state index in [1.807, 2.05) is 6.92 Å². The number of methoxy groups -OCH3 is 1. The normalized spacial score (nSPS) is 25.3. The Kier molecular flexibility index (Phi) is 27.4. The first kappa shape index (κ1) is 75.8. The van der Waals surface area contributed by atoms with E-state index < -0.39 is 189 Å². The maximum atomic E-state index is 14.8. The van der Waals surface area contributed by atoms with E-state index in [-0.39, 0.29) is 34.4 Å². The largest absolute Gasteiger partial charge is 0.465 e. The topological polar surface area (TPSA) is 368 Å². The first-order valence-corrected chi connectivity index (χ1v) is 31.8. The van der Waals surface area contributed by atoms with Crippen LogP contribution < -0.4 is 5.32 Å². The van der Waals surface area contributed by atoms with E-state index in [0.29, 0.717) is 12.8 Å². The summed E-state index contributed by atoms with van der Waals surface area (Å²) < 4.78 is 98.1. The van der Waals surface area contributed by atoms with Gasteiger partial charge >= 0.3 is 59.7 Å². The van der Waals surface area contributed by atoms with Crippen LogP contribution in [0.15, 0.2) is 152 Å². The van der Waals surface area contributed by atoms with Crippen LogP contribution in [-0.4, -0.2) is 202 Å². The zero-order chi connectivity index (χ0) is 72.0. The lowest BCUT2D eigenvalue weighted by atomic mass is 9.87. The van der Waals surface area contributed by atoms with Crippen molar-refractivity contribution in [3.8, 4) is 0 Å². The zero-order valence-corrected chi connectivity index (χ0v) is 55.5. The van der Waals surface area contributed by atoms with Crippen molar-refractivity contribution < 1.29 is 134 Å². The van der Waals surface area contributed by atoms with Gasteiger partial charge in [0, 0.05) is 41.2 Å². The molecule has 5 aromatic rings. The van der Waals surface area contributed by atoms with Crippen LogP contribution in [0.4, 0.5) is 0 Å². The van der Waals surface area contributed by atoms with Gasteiger partial charge in [-0.2, -0.15) is 0 Å². The Labute approximate surface area is 574 Å². The molecule has 2 N–H and O–H groups in total. The number of unbranched alkanes of at least 4 members (excludes halogenated alkanes) is 1. The van der Waals surface area contributed by atoms with E-state index in [1.54, 1.807) is 66.7 Å². The number of rotatable bonds is 29. The van der Waals surface area contributed by atoms with Gasteiger partial charge in [-0.25, -0.2) is 28.8 Å². The molecule has 0 spiro atoms. The maximum absolute atomic E-state index is 14.8. The molecule has 0 radical (unpaired) electrons. The number of hydrogen-bond acceptors (Lipinski definition) is 28. The molecule has 534 valence electrons. The third-order valence-electron chi connectivity index (χ3n) is 15.7. The smallest absolute Gasteiger partial charge is 0.366 e. The lowest BCUT2D eigenvalue weighted by Gasteiger charge is -2.50. The number of nitrogens with one attached hydrogen (secondary N) is 1. The fourth-order valence-electron chi connectivity index (χ4n) is 11.1. The van der Waals surface area contributed by atoms with E-state index in [9.17, 15) is 57.8 Å². The predicted molar refractivity (Wildman–Crippen MR) is 339 cm³/mol. The summed E-state index contributed by atoms with van der Waals surface area (Å²) in [7, 11) is 0.893. The summed E-state index contributed by atoms with van der Waals surface area (Å²) in [5.41, 5.74) is -0.156. The Morgan fingerprint density at radius 3 is 1.43 bits per heavy atom. The highest BCUT2D eigenvalue weighted by molar-refractivity contribution is 5.92. The standard InChI is InChI=1S/C71H77NO28/c1-8-9-35-86-68-62(98-67(83)49-33-23-14-24-34-49)60(96-65(81)47-29-19-12-20-30-47)57(53(94-68)38-88-63(79)45-25-15-10-16-26-45)99-69-61(97-66(82)48-31-21-13-22-32-48)59(95-64(80)46-27-17-11-18-28-46)55(78)51(93-69)39-89-71(70(84)85-7)36-50(90-42(4)75)54(72-40(2)73)58(100-71)56(92-44(6)77)52(91-43(5)76)37-87-41(3)74/h10-34,50-62,68-69,78H,8-9,35-39H2,1-7H3,(H,72,73)/t50?,51?,52-,53?,54-,55+,56-,57-,58?,59?,60?,61?,62?,68-,69+,71-/m1/s1. The molecule has 0 saturated carbocycles. The van der Waals surface area contributed by atoms with Crippen LogP contribution >= 0.6 is 0 Å². The van der Waals surface area contributed by atoms with Gasteiger partial charge in [0.25, 0.3) is 5.79 Å². The van der Waals surface area contributed by atoms with Crippen molar-refractivity contribution in [3.63, 3.8) is 0 Å².